The number of nitrogens with zero attached hydrogens (tertiary/aromatic N) is 2. The number of halogens is 1. The molecule has 0 atom stereocenters. The molecule has 0 amide bonds. The highest BCUT2D eigenvalue weighted by atomic mass is 35.5. The normalized spacial score (nSPS) is 10.9. The minimum absolute atomic E-state index is 0.100. The summed E-state index contributed by atoms with van der Waals surface area (Å²) < 4.78 is 1.83. The largest absolute Gasteiger partial charge is 0.507 e. The van der Waals surface area contributed by atoms with Gasteiger partial charge in [-0.1, -0.05) is 29.8 Å². The van der Waals surface area contributed by atoms with Gasteiger partial charge in [-0.25, -0.2) is 4.98 Å². The number of phenolic OH excluding ortho intramolecular Hbond substituents is 1. The van der Waals surface area contributed by atoms with E-state index in [-0.39, 0.29) is 11.5 Å². The molecule has 0 saturated heterocycles. The molecular weight excluding hydrogens is 380 g/mol. The highest BCUT2D eigenvalue weighted by Crippen LogP contribution is 2.35. The van der Waals surface area contributed by atoms with Crippen molar-refractivity contribution in [1.29, 1.82) is 0 Å². The smallest absolute Gasteiger partial charge is 0.223 e. The van der Waals surface area contributed by atoms with Gasteiger partial charge in [-0.15, -0.1) is 11.3 Å². The monoisotopic (exact) mass is 394 g/mol. The maximum atomic E-state index is 13.1. The summed E-state index contributed by atoms with van der Waals surface area (Å²) >= 11 is 7.37. The average Bonchev–Trinajstić information content (AvgIpc) is 3.31. The van der Waals surface area contributed by atoms with Crippen LogP contribution in [0.15, 0.2) is 66.0 Å². The SMILES string of the molecule is Cn1c(-c2ccc(Cl)cc2)nc(C(=O)c2cccs2)c1-c1ccccc1O. The Balaban J connectivity index is 1.96. The highest BCUT2D eigenvalue weighted by Gasteiger charge is 2.25. The topological polar surface area (TPSA) is 55.1 Å². The minimum Gasteiger partial charge on any atom is -0.507 e. The number of ketones is 1. The third-order valence-electron chi connectivity index (χ3n) is 4.32. The van der Waals surface area contributed by atoms with Crippen molar-refractivity contribution in [3.63, 3.8) is 0 Å². The molecule has 0 fully saturated rings. The number of thiophene rings is 1. The second kappa shape index (κ2) is 7.02. The fourth-order valence-electron chi connectivity index (χ4n) is 3.02. The lowest BCUT2D eigenvalue weighted by molar-refractivity contribution is 0.103. The van der Waals surface area contributed by atoms with E-state index < -0.39 is 0 Å². The van der Waals surface area contributed by atoms with Crippen molar-refractivity contribution in [2.75, 3.05) is 0 Å². The molecule has 2 aromatic heterocycles. The number of benzene rings is 2. The first-order chi connectivity index (χ1) is 13.1. The third-order valence-corrected chi connectivity index (χ3v) is 5.44. The second-order valence-electron chi connectivity index (χ2n) is 6.02. The molecule has 0 aliphatic rings. The van der Waals surface area contributed by atoms with Gasteiger partial charge in [0.05, 0.1) is 10.6 Å². The van der Waals surface area contributed by atoms with Crippen LogP contribution in [0.2, 0.25) is 5.02 Å². The fourth-order valence-corrected chi connectivity index (χ4v) is 3.81. The maximum Gasteiger partial charge on any atom is 0.223 e. The van der Waals surface area contributed by atoms with Crippen molar-refractivity contribution in [3.8, 4) is 28.4 Å². The molecule has 6 heteroatoms. The standard InChI is InChI=1S/C21H15ClN2O2S/c1-24-19(15-5-2-3-6-16(15)25)18(20(26)17-7-4-12-27-17)23-21(24)13-8-10-14(22)11-9-13/h2-12,25H,1H3. The van der Waals surface area contributed by atoms with E-state index in [1.165, 1.54) is 11.3 Å². The van der Waals surface area contributed by atoms with Gasteiger partial charge in [0.2, 0.25) is 5.78 Å². The van der Waals surface area contributed by atoms with Crippen LogP contribution < -0.4 is 0 Å². The number of hydrogen-bond donors (Lipinski definition) is 1. The lowest BCUT2D eigenvalue weighted by atomic mass is 10.1. The van der Waals surface area contributed by atoms with E-state index in [4.69, 9.17) is 11.6 Å². The van der Waals surface area contributed by atoms with Gasteiger partial charge in [0.25, 0.3) is 0 Å². The van der Waals surface area contributed by atoms with Gasteiger partial charge in [0.1, 0.15) is 17.3 Å². The zero-order valence-electron chi connectivity index (χ0n) is 14.4. The predicted molar refractivity (Wildman–Crippen MR) is 109 cm³/mol. The molecule has 0 spiro atoms. The molecule has 1 N–H and O–H groups in total. The van der Waals surface area contributed by atoms with E-state index in [9.17, 15) is 9.90 Å². The van der Waals surface area contributed by atoms with Crippen molar-refractivity contribution in [3.05, 3.63) is 81.6 Å². The third kappa shape index (κ3) is 3.16. The van der Waals surface area contributed by atoms with Crippen molar-refractivity contribution in [2.24, 2.45) is 7.05 Å². The van der Waals surface area contributed by atoms with E-state index in [1.54, 1.807) is 36.4 Å². The Labute approximate surface area is 165 Å². The molecule has 2 aromatic carbocycles. The van der Waals surface area contributed by atoms with Crippen LogP contribution >= 0.6 is 22.9 Å². The zero-order valence-corrected chi connectivity index (χ0v) is 16.0. The summed E-state index contributed by atoms with van der Waals surface area (Å²) in [6.45, 7) is 0. The van der Waals surface area contributed by atoms with Crippen LogP contribution in [-0.4, -0.2) is 20.4 Å². The van der Waals surface area contributed by atoms with Gasteiger partial charge in [0.15, 0.2) is 0 Å². The zero-order chi connectivity index (χ0) is 19.0. The molecule has 4 nitrogen and oxygen atoms in total. The van der Waals surface area contributed by atoms with Crippen LogP contribution in [-0.2, 0) is 7.05 Å². The van der Waals surface area contributed by atoms with E-state index in [0.29, 0.717) is 32.7 Å². The van der Waals surface area contributed by atoms with Gasteiger partial charge in [0, 0.05) is 23.2 Å². The van der Waals surface area contributed by atoms with Crippen LogP contribution in [0.25, 0.3) is 22.6 Å². The minimum atomic E-state index is -0.168. The van der Waals surface area contributed by atoms with Gasteiger partial charge < -0.3 is 9.67 Å². The van der Waals surface area contributed by atoms with Gasteiger partial charge in [-0.3, -0.25) is 4.79 Å². The Bertz CT molecular complexity index is 1120. The summed E-state index contributed by atoms with van der Waals surface area (Å²) in [6, 6.07) is 17.8. The van der Waals surface area contributed by atoms with E-state index in [0.717, 1.165) is 5.56 Å². The van der Waals surface area contributed by atoms with E-state index in [1.807, 2.05) is 41.3 Å². The molecule has 27 heavy (non-hydrogen) atoms. The van der Waals surface area contributed by atoms with Crippen LogP contribution in [0.3, 0.4) is 0 Å². The maximum absolute atomic E-state index is 13.1. The Morgan fingerprint density at radius 1 is 1.07 bits per heavy atom. The summed E-state index contributed by atoms with van der Waals surface area (Å²) in [4.78, 5) is 18.3. The lowest BCUT2D eigenvalue weighted by Crippen LogP contribution is -2.03. The Hall–Kier alpha value is -2.89. The molecule has 0 aliphatic carbocycles. The average molecular weight is 395 g/mol. The number of aromatic hydroxyl groups is 1. The Morgan fingerprint density at radius 3 is 2.48 bits per heavy atom. The summed E-state index contributed by atoms with van der Waals surface area (Å²) in [5, 5.41) is 12.9. The summed E-state index contributed by atoms with van der Waals surface area (Å²) in [7, 11) is 1.84. The van der Waals surface area contributed by atoms with Crippen molar-refractivity contribution >= 4 is 28.7 Å². The number of imidazole rings is 1. The van der Waals surface area contributed by atoms with Crippen LogP contribution in [0.1, 0.15) is 15.4 Å². The molecule has 0 saturated carbocycles. The van der Waals surface area contributed by atoms with Crippen molar-refractivity contribution in [2.45, 2.75) is 0 Å². The Kier molecular flexibility index (Phi) is 4.56. The van der Waals surface area contributed by atoms with Gasteiger partial charge >= 0.3 is 0 Å². The number of rotatable bonds is 4. The fraction of sp³-hybridized carbons (Fsp3) is 0.0476. The quantitative estimate of drug-likeness (QED) is 0.471. The first kappa shape index (κ1) is 17.5. The van der Waals surface area contributed by atoms with Crippen LogP contribution in [0.4, 0.5) is 0 Å². The molecule has 0 bridgehead atoms. The summed E-state index contributed by atoms with van der Waals surface area (Å²) in [5.41, 5.74) is 2.29. The molecule has 0 radical (unpaired) electrons. The summed E-state index contributed by atoms with van der Waals surface area (Å²) in [6.07, 6.45) is 0. The first-order valence-corrected chi connectivity index (χ1v) is 9.51. The molecular formula is C21H15ClN2O2S. The molecule has 0 unspecified atom stereocenters. The number of phenols is 1. The molecule has 4 aromatic rings. The van der Waals surface area contributed by atoms with Gasteiger partial charge in [-0.2, -0.15) is 0 Å². The second-order valence-corrected chi connectivity index (χ2v) is 7.41. The predicted octanol–water partition coefficient (Wildman–Crippen LogP) is 5.41. The number of hydrogen-bond acceptors (Lipinski definition) is 4. The molecule has 134 valence electrons. The number of carbonyl (C=O) groups excluding carboxylic acids is 1. The van der Waals surface area contributed by atoms with Gasteiger partial charge in [-0.05, 0) is 47.8 Å². The van der Waals surface area contributed by atoms with E-state index >= 15 is 0 Å². The molecule has 2 heterocycles. The van der Waals surface area contributed by atoms with Crippen molar-refractivity contribution in [1.82, 2.24) is 9.55 Å². The lowest BCUT2D eigenvalue weighted by Gasteiger charge is -2.09. The number of aromatic nitrogens is 2. The molecule has 0 aliphatic heterocycles. The number of carbonyl (C=O) groups is 1. The van der Waals surface area contributed by atoms with Crippen LogP contribution in [0.5, 0.6) is 5.75 Å². The number of para-hydroxylation sites is 1. The first-order valence-electron chi connectivity index (χ1n) is 8.25. The highest BCUT2D eigenvalue weighted by molar-refractivity contribution is 7.12. The summed E-state index contributed by atoms with van der Waals surface area (Å²) in [5.74, 6) is 0.562. The van der Waals surface area contributed by atoms with Crippen molar-refractivity contribution < 1.29 is 9.90 Å². The van der Waals surface area contributed by atoms with Crippen LogP contribution in [0, 0.1) is 0 Å². The Morgan fingerprint density at radius 2 is 1.81 bits per heavy atom. The molecule has 4 rings (SSSR count). The van der Waals surface area contributed by atoms with E-state index in [2.05, 4.69) is 4.98 Å².